The third kappa shape index (κ3) is 4.96. The molecule has 10 aromatic rings. The van der Waals surface area contributed by atoms with E-state index in [4.69, 9.17) is 9.15 Å². The standard InChI is InChI=1S/C55H36N2O2/c1-3-17-37(18-4-1)56(38-19-5-2-6-20-38)49-27-13-14-28-50(49)57(40-31-33-44-43-23-9-15-29-51(43)58-54(44)36-40)39-32-34-53-48(35-39)55(47-26-12-16-30-52(47)59-53)45-24-10-7-21-41(45)42-22-8-11-25-46(42)55/h1-36H. The first-order chi connectivity index (χ1) is 29.3. The Hall–Kier alpha value is -7.82. The molecule has 0 radical (unpaired) electrons. The van der Waals surface area contributed by atoms with E-state index in [9.17, 15) is 0 Å². The SMILES string of the molecule is c1ccc(N(c2ccccc2)c2ccccc2N(c2ccc3c(c2)C2(c4ccccc4O3)c3ccccc3-c3ccccc32)c2ccc3c(c2)oc2ccccc23)cc1. The van der Waals surface area contributed by atoms with Gasteiger partial charge in [0, 0.05) is 50.7 Å². The molecule has 0 saturated heterocycles. The predicted octanol–water partition coefficient (Wildman–Crippen LogP) is 15.0. The Morgan fingerprint density at radius 3 is 1.51 bits per heavy atom. The molecule has 0 atom stereocenters. The lowest BCUT2D eigenvalue weighted by Gasteiger charge is -2.40. The van der Waals surface area contributed by atoms with Gasteiger partial charge in [-0.2, -0.15) is 0 Å². The van der Waals surface area contributed by atoms with Crippen molar-refractivity contribution in [1.29, 1.82) is 0 Å². The van der Waals surface area contributed by atoms with Gasteiger partial charge in [0.2, 0.25) is 0 Å². The van der Waals surface area contributed by atoms with Crippen LogP contribution < -0.4 is 14.5 Å². The monoisotopic (exact) mass is 756 g/mol. The van der Waals surface area contributed by atoms with Crippen molar-refractivity contribution in [1.82, 2.24) is 0 Å². The molecular weight excluding hydrogens is 721 g/mol. The molecule has 0 amide bonds. The highest BCUT2D eigenvalue weighted by atomic mass is 16.5. The van der Waals surface area contributed by atoms with Crippen LogP contribution in [0.5, 0.6) is 11.5 Å². The van der Waals surface area contributed by atoms with Gasteiger partial charge in [0.25, 0.3) is 0 Å². The topological polar surface area (TPSA) is 28.9 Å². The zero-order valence-corrected chi connectivity index (χ0v) is 32.0. The van der Waals surface area contributed by atoms with Gasteiger partial charge in [-0.05, 0) is 101 Å². The Morgan fingerprint density at radius 1 is 0.322 bits per heavy atom. The molecule has 1 aliphatic carbocycles. The minimum atomic E-state index is -0.610. The molecule has 1 aromatic heterocycles. The molecule has 2 aliphatic rings. The molecule has 0 saturated carbocycles. The Bertz CT molecular complexity index is 3140. The van der Waals surface area contributed by atoms with Crippen LogP contribution in [0.4, 0.5) is 34.1 Å². The number of hydrogen-bond acceptors (Lipinski definition) is 4. The highest BCUT2D eigenvalue weighted by Crippen LogP contribution is 2.62. The van der Waals surface area contributed by atoms with Gasteiger partial charge in [0.05, 0.1) is 16.8 Å². The molecule has 12 rings (SSSR count). The van der Waals surface area contributed by atoms with Crippen LogP contribution in [-0.4, -0.2) is 0 Å². The summed E-state index contributed by atoms with van der Waals surface area (Å²) < 4.78 is 13.4. The van der Waals surface area contributed by atoms with Crippen molar-refractivity contribution in [3.8, 4) is 22.6 Å². The quantitative estimate of drug-likeness (QED) is 0.169. The second-order valence-electron chi connectivity index (χ2n) is 15.2. The van der Waals surface area contributed by atoms with Crippen molar-refractivity contribution in [3.05, 3.63) is 241 Å². The normalized spacial score (nSPS) is 13.0. The van der Waals surface area contributed by atoms with E-state index in [1.807, 2.05) is 12.1 Å². The largest absolute Gasteiger partial charge is 0.457 e. The van der Waals surface area contributed by atoms with E-state index in [0.717, 1.165) is 78.7 Å². The summed E-state index contributed by atoms with van der Waals surface area (Å²) in [5.41, 5.74) is 14.5. The van der Waals surface area contributed by atoms with Crippen LogP contribution in [0.1, 0.15) is 22.3 Å². The van der Waals surface area contributed by atoms with Crippen LogP contribution in [0.2, 0.25) is 0 Å². The van der Waals surface area contributed by atoms with Crippen LogP contribution in [0.3, 0.4) is 0 Å². The number of para-hydroxylation sites is 6. The third-order valence-corrected chi connectivity index (χ3v) is 12.1. The van der Waals surface area contributed by atoms with Crippen molar-refractivity contribution in [2.45, 2.75) is 5.41 Å². The van der Waals surface area contributed by atoms with Gasteiger partial charge in [-0.15, -0.1) is 0 Å². The summed E-state index contributed by atoms with van der Waals surface area (Å²) in [7, 11) is 0. The molecule has 2 heterocycles. The molecule has 0 unspecified atom stereocenters. The van der Waals surface area contributed by atoms with Crippen LogP contribution in [-0.2, 0) is 5.41 Å². The van der Waals surface area contributed by atoms with Gasteiger partial charge in [-0.3, -0.25) is 0 Å². The highest BCUT2D eigenvalue weighted by Gasteiger charge is 2.51. The van der Waals surface area contributed by atoms with Gasteiger partial charge in [0.1, 0.15) is 22.7 Å². The molecule has 278 valence electrons. The minimum Gasteiger partial charge on any atom is -0.457 e. The number of nitrogens with zero attached hydrogens (tertiary/aromatic N) is 2. The number of rotatable bonds is 6. The molecular formula is C55H36N2O2. The van der Waals surface area contributed by atoms with Crippen LogP contribution in [0.15, 0.2) is 223 Å². The second kappa shape index (κ2) is 13.1. The zero-order valence-electron chi connectivity index (χ0n) is 32.0. The summed E-state index contributed by atoms with van der Waals surface area (Å²) in [6, 6.07) is 77.7. The number of hydrogen-bond donors (Lipinski definition) is 0. The van der Waals surface area contributed by atoms with Gasteiger partial charge in [-0.1, -0.05) is 133 Å². The molecule has 4 nitrogen and oxygen atoms in total. The van der Waals surface area contributed by atoms with Crippen molar-refractivity contribution in [2.24, 2.45) is 0 Å². The van der Waals surface area contributed by atoms with E-state index < -0.39 is 5.41 Å². The van der Waals surface area contributed by atoms with Crippen LogP contribution >= 0.6 is 0 Å². The molecule has 59 heavy (non-hydrogen) atoms. The Labute approximate surface area is 342 Å². The first kappa shape index (κ1) is 33.3. The molecule has 0 bridgehead atoms. The Morgan fingerprint density at radius 2 is 0.814 bits per heavy atom. The van der Waals surface area contributed by atoms with Gasteiger partial charge in [0.15, 0.2) is 0 Å². The number of fused-ring (bicyclic) bond motifs is 12. The fourth-order valence-electron chi connectivity index (χ4n) is 9.69. The maximum absolute atomic E-state index is 6.87. The number of anilines is 6. The third-order valence-electron chi connectivity index (χ3n) is 12.1. The first-order valence-electron chi connectivity index (χ1n) is 20.1. The predicted molar refractivity (Wildman–Crippen MR) is 240 cm³/mol. The summed E-state index contributed by atoms with van der Waals surface area (Å²) in [5, 5.41) is 2.19. The lowest BCUT2D eigenvalue weighted by Crippen LogP contribution is -2.32. The van der Waals surface area contributed by atoms with E-state index in [1.54, 1.807) is 0 Å². The summed E-state index contributed by atoms with van der Waals surface area (Å²) >= 11 is 0. The second-order valence-corrected chi connectivity index (χ2v) is 15.2. The van der Waals surface area contributed by atoms with Crippen molar-refractivity contribution < 1.29 is 9.15 Å². The number of benzene rings is 9. The van der Waals surface area contributed by atoms with E-state index in [1.165, 1.54) is 22.3 Å². The fraction of sp³-hybridized carbons (Fsp3) is 0.0182. The highest BCUT2D eigenvalue weighted by molar-refractivity contribution is 6.06. The molecule has 0 N–H and O–H groups in total. The van der Waals surface area contributed by atoms with Gasteiger partial charge in [-0.25, -0.2) is 0 Å². The van der Waals surface area contributed by atoms with Gasteiger partial charge >= 0.3 is 0 Å². The molecule has 0 fully saturated rings. The summed E-state index contributed by atoms with van der Waals surface area (Å²) in [6.45, 7) is 0. The molecule has 1 spiro atoms. The smallest absolute Gasteiger partial charge is 0.137 e. The van der Waals surface area contributed by atoms with Crippen LogP contribution in [0.25, 0.3) is 33.1 Å². The maximum Gasteiger partial charge on any atom is 0.137 e. The molecule has 9 aromatic carbocycles. The van der Waals surface area contributed by atoms with Crippen molar-refractivity contribution >= 4 is 56.1 Å². The van der Waals surface area contributed by atoms with E-state index in [-0.39, 0.29) is 0 Å². The first-order valence-corrected chi connectivity index (χ1v) is 20.1. The number of ether oxygens (including phenoxy) is 1. The summed E-state index contributed by atoms with van der Waals surface area (Å²) in [5.74, 6) is 1.72. The Balaban J connectivity index is 1.15. The zero-order chi connectivity index (χ0) is 38.9. The average Bonchev–Trinajstić information content (AvgIpc) is 3.82. The summed E-state index contributed by atoms with van der Waals surface area (Å²) in [4.78, 5) is 4.72. The molecule has 4 heteroatoms. The maximum atomic E-state index is 6.87. The van der Waals surface area contributed by atoms with E-state index in [0.29, 0.717) is 0 Å². The minimum absolute atomic E-state index is 0.610. The fourth-order valence-corrected chi connectivity index (χ4v) is 9.69. The lowest BCUT2D eigenvalue weighted by molar-refractivity contribution is 0.436. The van der Waals surface area contributed by atoms with E-state index >= 15 is 0 Å². The number of furan rings is 1. The van der Waals surface area contributed by atoms with Gasteiger partial charge < -0.3 is 19.0 Å². The lowest BCUT2D eigenvalue weighted by atomic mass is 9.66. The summed E-state index contributed by atoms with van der Waals surface area (Å²) in [6.07, 6.45) is 0. The van der Waals surface area contributed by atoms with Crippen molar-refractivity contribution in [2.75, 3.05) is 9.80 Å². The van der Waals surface area contributed by atoms with Crippen LogP contribution in [0, 0.1) is 0 Å². The average molecular weight is 757 g/mol. The van der Waals surface area contributed by atoms with Crippen molar-refractivity contribution in [3.63, 3.8) is 0 Å². The molecule has 1 aliphatic heterocycles. The Kier molecular flexibility index (Phi) is 7.41. The van der Waals surface area contributed by atoms with E-state index in [2.05, 4.69) is 216 Å².